The van der Waals surface area contributed by atoms with Gasteiger partial charge in [-0.05, 0) is 29.7 Å². The van der Waals surface area contributed by atoms with Gasteiger partial charge in [0.05, 0.1) is 26.4 Å². The molecule has 1 unspecified atom stereocenters. The van der Waals surface area contributed by atoms with E-state index in [9.17, 15) is 4.79 Å². The first-order valence-corrected chi connectivity index (χ1v) is 8.33. The lowest BCUT2D eigenvalue weighted by atomic mass is 10.0. The Bertz CT molecular complexity index is 672. The summed E-state index contributed by atoms with van der Waals surface area (Å²) in [4.78, 5) is 14.7. The van der Waals surface area contributed by atoms with Crippen molar-refractivity contribution in [2.75, 3.05) is 26.9 Å². The van der Waals surface area contributed by atoms with Crippen molar-refractivity contribution in [3.8, 4) is 5.75 Å². The third-order valence-corrected chi connectivity index (χ3v) is 4.39. The molecular formula is C20H23NO3. The Balaban J connectivity index is 1.66. The van der Waals surface area contributed by atoms with E-state index in [1.807, 2.05) is 47.4 Å². The minimum atomic E-state index is 0.0118. The molecule has 1 aliphatic heterocycles. The van der Waals surface area contributed by atoms with Gasteiger partial charge < -0.3 is 14.4 Å². The van der Waals surface area contributed by atoms with Gasteiger partial charge in [0, 0.05) is 13.0 Å². The van der Waals surface area contributed by atoms with Crippen LogP contribution in [0, 0.1) is 0 Å². The summed E-state index contributed by atoms with van der Waals surface area (Å²) >= 11 is 0. The normalized spacial score (nSPS) is 17.5. The second kappa shape index (κ2) is 7.97. The van der Waals surface area contributed by atoms with Gasteiger partial charge in [-0.25, -0.2) is 0 Å². The lowest BCUT2D eigenvalue weighted by molar-refractivity contribution is -0.140. The number of rotatable bonds is 5. The van der Waals surface area contributed by atoms with Crippen LogP contribution < -0.4 is 4.74 Å². The number of hydrogen-bond acceptors (Lipinski definition) is 3. The minimum absolute atomic E-state index is 0.0118. The van der Waals surface area contributed by atoms with Gasteiger partial charge in [0.15, 0.2) is 0 Å². The van der Waals surface area contributed by atoms with E-state index in [2.05, 4.69) is 12.1 Å². The average molecular weight is 325 g/mol. The molecule has 1 fully saturated rings. The van der Waals surface area contributed by atoms with Crippen LogP contribution in [0.15, 0.2) is 54.6 Å². The highest BCUT2D eigenvalue weighted by atomic mass is 16.5. The van der Waals surface area contributed by atoms with Crippen molar-refractivity contribution in [2.24, 2.45) is 0 Å². The molecule has 1 atom stereocenters. The molecule has 2 aromatic carbocycles. The van der Waals surface area contributed by atoms with Gasteiger partial charge in [-0.2, -0.15) is 0 Å². The van der Waals surface area contributed by atoms with Crippen LogP contribution in [-0.4, -0.2) is 37.7 Å². The van der Waals surface area contributed by atoms with E-state index in [0.29, 0.717) is 26.2 Å². The lowest BCUT2D eigenvalue weighted by Crippen LogP contribution is -2.43. The molecule has 0 radical (unpaired) electrons. The van der Waals surface area contributed by atoms with Gasteiger partial charge >= 0.3 is 0 Å². The molecule has 4 nitrogen and oxygen atoms in total. The predicted molar refractivity (Wildman–Crippen MR) is 93.0 cm³/mol. The van der Waals surface area contributed by atoms with E-state index in [0.717, 1.165) is 23.3 Å². The summed E-state index contributed by atoms with van der Waals surface area (Å²) in [5, 5.41) is 0. The van der Waals surface area contributed by atoms with Crippen molar-refractivity contribution in [1.82, 2.24) is 4.90 Å². The molecule has 4 heteroatoms. The summed E-state index contributed by atoms with van der Waals surface area (Å²) in [6, 6.07) is 18.0. The molecule has 24 heavy (non-hydrogen) atoms. The molecule has 1 aliphatic rings. The third-order valence-electron chi connectivity index (χ3n) is 4.39. The molecule has 0 aromatic heterocycles. The molecule has 1 heterocycles. The first-order valence-electron chi connectivity index (χ1n) is 8.33. The number of benzene rings is 2. The van der Waals surface area contributed by atoms with Crippen molar-refractivity contribution in [3.63, 3.8) is 0 Å². The summed E-state index contributed by atoms with van der Waals surface area (Å²) < 4.78 is 10.8. The van der Waals surface area contributed by atoms with Gasteiger partial charge in [-0.1, -0.05) is 42.5 Å². The van der Waals surface area contributed by atoms with Crippen LogP contribution in [0.5, 0.6) is 5.75 Å². The van der Waals surface area contributed by atoms with Gasteiger partial charge in [0.2, 0.25) is 5.91 Å². The summed E-state index contributed by atoms with van der Waals surface area (Å²) in [7, 11) is 1.66. The van der Waals surface area contributed by atoms with Crippen LogP contribution in [0.3, 0.4) is 0 Å². The Morgan fingerprint density at radius 3 is 2.83 bits per heavy atom. The number of methoxy groups -OCH3 is 1. The van der Waals surface area contributed by atoms with E-state index in [-0.39, 0.29) is 11.9 Å². The van der Waals surface area contributed by atoms with Gasteiger partial charge in [-0.3, -0.25) is 4.79 Å². The number of carbonyl (C=O) groups is 1. The molecule has 1 amide bonds. The smallest absolute Gasteiger partial charge is 0.223 e. The fourth-order valence-electron chi connectivity index (χ4n) is 3.08. The number of nitrogens with zero attached hydrogens (tertiary/aromatic N) is 1. The molecule has 0 saturated carbocycles. The zero-order valence-electron chi connectivity index (χ0n) is 14.0. The molecule has 0 spiro atoms. The minimum Gasteiger partial charge on any atom is -0.497 e. The lowest BCUT2D eigenvalue weighted by Gasteiger charge is -2.36. The zero-order valence-corrected chi connectivity index (χ0v) is 14.0. The monoisotopic (exact) mass is 325 g/mol. The van der Waals surface area contributed by atoms with E-state index < -0.39 is 0 Å². The van der Waals surface area contributed by atoms with Crippen molar-refractivity contribution in [1.29, 1.82) is 0 Å². The van der Waals surface area contributed by atoms with Crippen LogP contribution in [0.4, 0.5) is 0 Å². The second-order valence-corrected chi connectivity index (χ2v) is 5.94. The third kappa shape index (κ3) is 3.95. The van der Waals surface area contributed by atoms with Crippen LogP contribution >= 0.6 is 0 Å². The first-order chi connectivity index (χ1) is 11.8. The highest BCUT2D eigenvalue weighted by Crippen LogP contribution is 2.25. The van der Waals surface area contributed by atoms with E-state index in [1.54, 1.807) is 7.11 Å². The predicted octanol–water partition coefficient (Wildman–Crippen LogP) is 3.23. The van der Waals surface area contributed by atoms with E-state index in [4.69, 9.17) is 9.47 Å². The Morgan fingerprint density at radius 2 is 2.04 bits per heavy atom. The maximum absolute atomic E-state index is 12.7. The average Bonchev–Trinajstić information content (AvgIpc) is 2.67. The topological polar surface area (TPSA) is 38.8 Å². The standard InChI is InChI=1S/C20H23NO3/c1-23-18-9-5-6-16(14-18)10-11-20(22)21-12-13-24-15-19(21)17-7-3-2-4-8-17/h2-9,14,19H,10-13,15H2,1H3. The number of hydrogen-bond donors (Lipinski definition) is 0. The Labute approximate surface area is 143 Å². The SMILES string of the molecule is COc1cccc(CCC(=O)N2CCOCC2c2ccccc2)c1. The number of ether oxygens (including phenoxy) is 2. The summed E-state index contributed by atoms with van der Waals surface area (Å²) in [5.74, 6) is 1.00. The Kier molecular flexibility index (Phi) is 5.49. The van der Waals surface area contributed by atoms with Crippen molar-refractivity contribution >= 4 is 5.91 Å². The molecule has 0 aliphatic carbocycles. The quantitative estimate of drug-likeness (QED) is 0.847. The summed E-state index contributed by atoms with van der Waals surface area (Å²) in [5.41, 5.74) is 2.25. The number of aryl methyl sites for hydroxylation is 1. The molecular weight excluding hydrogens is 302 g/mol. The van der Waals surface area contributed by atoms with E-state index in [1.165, 1.54) is 0 Å². The Morgan fingerprint density at radius 1 is 1.21 bits per heavy atom. The fourth-order valence-corrected chi connectivity index (χ4v) is 3.08. The zero-order chi connectivity index (χ0) is 16.8. The fraction of sp³-hybridized carbons (Fsp3) is 0.350. The van der Waals surface area contributed by atoms with Gasteiger partial charge in [0.1, 0.15) is 5.75 Å². The van der Waals surface area contributed by atoms with Crippen LogP contribution in [0.25, 0.3) is 0 Å². The second-order valence-electron chi connectivity index (χ2n) is 5.94. The first kappa shape index (κ1) is 16.5. The van der Waals surface area contributed by atoms with Crippen LogP contribution in [0.1, 0.15) is 23.6 Å². The van der Waals surface area contributed by atoms with Crippen LogP contribution in [0.2, 0.25) is 0 Å². The van der Waals surface area contributed by atoms with Gasteiger partial charge in [0.25, 0.3) is 0 Å². The molecule has 0 N–H and O–H groups in total. The highest BCUT2D eigenvalue weighted by molar-refractivity contribution is 5.77. The summed E-state index contributed by atoms with van der Waals surface area (Å²) in [6.45, 7) is 1.82. The van der Waals surface area contributed by atoms with Crippen molar-refractivity contribution < 1.29 is 14.3 Å². The number of amides is 1. The molecule has 2 aromatic rings. The molecule has 0 bridgehead atoms. The molecule has 1 saturated heterocycles. The Hall–Kier alpha value is -2.33. The number of carbonyl (C=O) groups excluding carboxylic acids is 1. The molecule has 3 rings (SSSR count). The maximum Gasteiger partial charge on any atom is 0.223 e. The highest BCUT2D eigenvalue weighted by Gasteiger charge is 2.28. The van der Waals surface area contributed by atoms with E-state index >= 15 is 0 Å². The maximum atomic E-state index is 12.7. The number of morpholine rings is 1. The largest absolute Gasteiger partial charge is 0.497 e. The molecule has 126 valence electrons. The van der Waals surface area contributed by atoms with Gasteiger partial charge in [-0.15, -0.1) is 0 Å². The van der Waals surface area contributed by atoms with Crippen molar-refractivity contribution in [2.45, 2.75) is 18.9 Å². The van der Waals surface area contributed by atoms with Crippen molar-refractivity contribution in [3.05, 3.63) is 65.7 Å². The van der Waals surface area contributed by atoms with Crippen LogP contribution in [-0.2, 0) is 16.0 Å². The summed E-state index contributed by atoms with van der Waals surface area (Å²) in [6.07, 6.45) is 1.21.